The third-order valence-corrected chi connectivity index (χ3v) is 8.23. The molecule has 1 fully saturated rings. The minimum absolute atomic E-state index is 0.0702. The number of benzene rings is 2. The van der Waals surface area contributed by atoms with E-state index in [1.54, 1.807) is 11.3 Å². The molecule has 0 bridgehead atoms. The molecule has 6 rings (SSSR count). The van der Waals surface area contributed by atoms with Crippen LogP contribution in [0.4, 0.5) is 0 Å². The second-order valence-electron chi connectivity index (χ2n) is 10.2. The summed E-state index contributed by atoms with van der Waals surface area (Å²) in [5.41, 5.74) is 3.69. The Hall–Kier alpha value is -3.66. The van der Waals surface area contributed by atoms with Crippen LogP contribution in [0.25, 0.3) is 10.9 Å². The fourth-order valence-corrected chi connectivity index (χ4v) is 6.10. The first-order valence-electron chi connectivity index (χ1n) is 13.5. The molecule has 0 saturated carbocycles. The lowest BCUT2D eigenvalue weighted by atomic mass is 10.0. The maximum absolute atomic E-state index is 13.7. The number of hydrogen-bond donors (Lipinski definition) is 1. The summed E-state index contributed by atoms with van der Waals surface area (Å²) in [6.07, 6.45) is 2.92. The van der Waals surface area contributed by atoms with Gasteiger partial charge in [0.1, 0.15) is 6.04 Å². The van der Waals surface area contributed by atoms with Gasteiger partial charge >= 0.3 is 0 Å². The van der Waals surface area contributed by atoms with Gasteiger partial charge in [0, 0.05) is 35.7 Å². The Kier molecular flexibility index (Phi) is 7.62. The molecule has 1 aliphatic heterocycles. The summed E-state index contributed by atoms with van der Waals surface area (Å²) < 4.78 is 7.75. The van der Waals surface area contributed by atoms with E-state index in [0.29, 0.717) is 24.5 Å². The molecule has 200 valence electrons. The summed E-state index contributed by atoms with van der Waals surface area (Å²) in [6, 6.07) is 22.4. The Balaban J connectivity index is 1.46. The molecule has 0 spiro atoms. The van der Waals surface area contributed by atoms with Crippen LogP contribution >= 0.6 is 11.3 Å². The SMILES string of the molecule is Cc1ccc2cc([C@H](c3nnnn3C[C@@H]3CCCO3)N(CCc3ccccc3)Cc3cccs3)c(=O)[nH]c2c1. The lowest BCUT2D eigenvalue weighted by molar-refractivity contribution is 0.0906. The van der Waals surface area contributed by atoms with E-state index in [0.717, 1.165) is 48.9 Å². The monoisotopic (exact) mass is 540 g/mol. The molecule has 9 heteroatoms. The molecular weight excluding hydrogens is 508 g/mol. The second-order valence-corrected chi connectivity index (χ2v) is 11.2. The van der Waals surface area contributed by atoms with Crippen LogP contribution < -0.4 is 5.56 Å². The van der Waals surface area contributed by atoms with E-state index in [1.165, 1.54) is 10.4 Å². The summed E-state index contributed by atoms with van der Waals surface area (Å²) in [6.45, 7) is 4.75. The summed E-state index contributed by atoms with van der Waals surface area (Å²) in [4.78, 5) is 20.4. The van der Waals surface area contributed by atoms with Crippen LogP contribution in [0.5, 0.6) is 0 Å². The van der Waals surface area contributed by atoms with Crippen LogP contribution in [0.15, 0.2) is 76.9 Å². The van der Waals surface area contributed by atoms with Gasteiger partial charge < -0.3 is 9.72 Å². The topological polar surface area (TPSA) is 88.9 Å². The zero-order chi connectivity index (χ0) is 26.6. The molecule has 4 heterocycles. The summed E-state index contributed by atoms with van der Waals surface area (Å²) in [7, 11) is 0. The largest absolute Gasteiger partial charge is 0.376 e. The van der Waals surface area contributed by atoms with Gasteiger partial charge in [-0.25, -0.2) is 4.68 Å². The average Bonchev–Trinajstić information content (AvgIpc) is 3.73. The van der Waals surface area contributed by atoms with Crippen molar-refractivity contribution in [2.75, 3.05) is 13.2 Å². The highest BCUT2D eigenvalue weighted by Gasteiger charge is 2.32. The third-order valence-electron chi connectivity index (χ3n) is 7.36. The minimum atomic E-state index is -0.443. The first kappa shape index (κ1) is 25.6. The van der Waals surface area contributed by atoms with E-state index < -0.39 is 6.04 Å². The van der Waals surface area contributed by atoms with Crippen molar-refractivity contribution in [1.82, 2.24) is 30.1 Å². The number of aromatic amines is 1. The molecule has 39 heavy (non-hydrogen) atoms. The Bertz CT molecular complexity index is 1570. The molecular formula is C30H32N6O2S. The maximum Gasteiger partial charge on any atom is 0.253 e. The van der Waals surface area contributed by atoms with Gasteiger partial charge in [0.05, 0.1) is 12.6 Å². The van der Waals surface area contributed by atoms with Gasteiger partial charge in [0.25, 0.3) is 5.56 Å². The van der Waals surface area contributed by atoms with Gasteiger partial charge in [-0.1, -0.05) is 48.5 Å². The zero-order valence-electron chi connectivity index (χ0n) is 22.0. The van der Waals surface area contributed by atoms with Crippen molar-refractivity contribution < 1.29 is 4.74 Å². The molecule has 2 atom stereocenters. The zero-order valence-corrected chi connectivity index (χ0v) is 22.8. The number of aromatic nitrogens is 5. The standard InChI is InChI=1S/C30H32N6O2S/c1-21-11-12-23-18-26(30(37)31-27(23)17-21)28(29-32-33-34-36(29)19-24-9-5-15-38-24)35(20-25-10-6-16-39-25)14-13-22-7-3-2-4-8-22/h2-4,6-8,10-12,16-18,24,28H,5,9,13-15,19-20H2,1H3,(H,31,37)/t24-,28+/m0/s1. The summed E-state index contributed by atoms with van der Waals surface area (Å²) in [5.74, 6) is 0.659. The van der Waals surface area contributed by atoms with Crippen molar-refractivity contribution in [3.63, 3.8) is 0 Å². The second kappa shape index (κ2) is 11.6. The Morgan fingerprint density at radius 1 is 1.15 bits per heavy atom. The van der Waals surface area contributed by atoms with Crippen molar-refractivity contribution in [3.8, 4) is 0 Å². The molecule has 3 aromatic heterocycles. The molecule has 0 radical (unpaired) electrons. The van der Waals surface area contributed by atoms with E-state index in [9.17, 15) is 4.79 Å². The Morgan fingerprint density at radius 3 is 2.85 bits per heavy atom. The Morgan fingerprint density at radius 2 is 2.05 bits per heavy atom. The number of hydrogen-bond acceptors (Lipinski definition) is 7. The average molecular weight is 541 g/mol. The van der Waals surface area contributed by atoms with Crippen molar-refractivity contribution in [2.24, 2.45) is 0 Å². The molecule has 0 aliphatic carbocycles. The van der Waals surface area contributed by atoms with Crippen LogP contribution in [0, 0.1) is 6.92 Å². The molecule has 0 amide bonds. The quantitative estimate of drug-likeness (QED) is 0.271. The van der Waals surface area contributed by atoms with E-state index in [4.69, 9.17) is 4.74 Å². The van der Waals surface area contributed by atoms with Crippen LogP contribution in [0.2, 0.25) is 0 Å². The fourth-order valence-electron chi connectivity index (χ4n) is 5.37. The van der Waals surface area contributed by atoms with E-state index in [1.807, 2.05) is 29.8 Å². The van der Waals surface area contributed by atoms with Gasteiger partial charge in [-0.3, -0.25) is 9.69 Å². The lowest BCUT2D eigenvalue weighted by Gasteiger charge is -2.31. The molecule has 2 aromatic carbocycles. The maximum atomic E-state index is 13.7. The highest BCUT2D eigenvalue weighted by molar-refractivity contribution is 7.09. The summed E-state index contributed by atoms with van der Waals surface area (Å²) in [5, 5.41) is 16.1. The molecule has 1 aliphatic rings. The number of nitrogens with zero attached hydrogens (tertiary/aromatic N) is 5. The van der Waals surface area contributed by atoms with Crippen LogP contribution in [0.3, 0.4) is 0 Å². The molecule has 1 saturated heterocycles. The predicted molar refractivity (Wildman–Crippen MR) is 153 cm³/mol. The summed E-state index contributed by atoms with van der Waals surface area (Å²) >= 11 is 1.72. The fraction of sp³-hybridized carbons (Fsp3) is 0.333. The highest BCUT2D eigenvalue weighted by atomic mass is 32.1. The first-order chi connectivity index (χ1) is 19.1. The number of pyridine rings is 1. The van der Waals surface area contributed by atoms with E-state index >= 15 is 0 Å². The van der Waals surface area contributed by atoms with E-state index in [-0.39, 0.29) is 11.7 Å². The highest BCUT2D eigenvalue weighted by Crippen LogP contribution is 2.30. The van der Waals surface area contributed by atoms with Crippen molar-refractivity contribution in [2.45, 2.75) is 51.4 Å². The van der Waals surface area contributed by atoms with Crippen molar-refractivity contribution in [1.29, 1.82) is 0 Å². The van der Waals surface area contributed by atoms with Crippen molar-refractivity contribution >= 4 is 22.2 Å². The van der Waals surface area contributed by atoms with Gasteiger partial charge in [0.15, 0.2) is 5.82 Å². The third kappa shape index (κ3) is 5.85. The van der Waals surface area contributed by atoms with E-state index in [2.05, 4.69) is 79.3 Å². The number of tetrazole rings is 1. The predicted octanol–water partition coefficient (Wildman–Crippen LogP) is 4.90. The number of H-pyrrole nitrogens is 1. The van der Waals surface area contributed by atoms with Gasteiger partial charge in [-0.05, 0) is 76.7 Å². The number of fused-ring (bicyclic) bond motifs is 1. The van der Waals surface area contributed by atoms with Crippen LogP contribution in [-0.2, 0) is 24.2 Å². The smallest absolute Gasteiger partial charge is 0.253 e. The van der Waals surface area contributed by atoms with Crippen LogP contribution in [0.1, 0.15) is 46.3 Å². The lowest BCUT2D eigenvalue weighted by Crippen LogP contribution is -2.36. The normalized spacial score (nSPS) is 16.3. The van der Waals surface area contributed by atoms with Gasteiger partial charge in [-0.15, -0.1) is 16.4 Å². The number of nitrogens with one attached hydrogen (secondary N) is 1. The van der Waals surface area contributed by atoms with Crippen molar-refractivity contribution in [3.05, 3.63) is 110 Å². The van der Waals surface area contributed by atoms with Crippen LogP contribution in [-0.4, -0.2) is 49.3 Å². The Labute approximate surface area is 231 Å². The minimum Gasteiger partial charge on any atom is -0.376 e. The van der Waals surface area contributed by atoms with Gasteiger partial charge in [-0.2, -0.15) is 0 Å². The first-order valence-corrected chi connectivity index (χ1v) is 14.3. The molecule has 8 nitrogen and oxygen atoms in total. The number of ether oxygens (including phenoxy) is 1. The molecule has 0 unspecified atom stereocenters. The van der Waals surface area contributed by atoms with Gasteiger partial charge in [0.2, 0.25) is 0 Å². The molecule has 1 N–H and O–H groups in total. The molecule has 5 aromatic rings. The number of rotatable bonds is 10. The number of aryl methyl sites for hydroxylation is 1. The number of thiophene rings is 1.